The number of hydrogen-bond donors (Lipinski definition) is 2. The van der Waals surface area contributed by atoms with Gasteiger partial charge in [-0.2, -0.15) is 5.26 Å². The summed E-state index contributed by atoms with van der Waals surface area (Å²) in [5, 5.41) is 19.9. The fraction of sp³-hybridized carbons (Fsp3) is 0.222. The van der Waals surface area contributed by atoms with Crippen molar-refractivity contribution in [2.75, 3.05) is 5.32 Å². The van der Waals surface area contributed by atoms with Gasteiger partial charge in [0.05, 0.1) is 0 Å². The summed E-state index contributed by atoms with van der Waals surface area (Å²) in [6, 6.07) is 4.29. The second-order valence-electron chi connectivity index (χ2n) is 2.75. The van der Waals surface area contributed by atoms with Crippen molar-refractivity contribution < 1.29 is 9.90 Å². The van der Waals surface area contributed by atoms with E-state index in [0.717, 1.165) is 0 Å². The smallest absolute Gasteiger partial charge is 0.325 e. The van der Waals surface area contributed by atoms with E-state index in [9.17, 15) is 4.79 Å². The predicted molar refractivity (Wildman–Crippen MR) is 49.7 cm³/mol. The molecule has 72 valence electrons. The van der Waals surface area contributed by atoms with E-state index in [1.165, 1.54) is 19.2 Å². The van der Waals surface area contributed by atoms with Crippen LogP contribution in [0.5, 0.6) is 0 Å². The molecule has 0 amide bonds. The fourth-order valence-electron chi connectivity index (χ4n) is 0.893. The number of nitrogens with zero attached hydrogens (tertiary/aromatic N) is 2. The predicted octanol–water partition coefficient (Wildman–Crippen LogP) is 0.838. The SMILES string of the molecule is CC(Nc1ccnc(C#N)c1)C(=O)O. The van der Waals surface area contributed by atoms with E-state index in [-0.39, 0.29) is 5.69 Å². The molecule has 5 nitrogen and oxygen atoms in total. The van der Waals surface area contributed by atoms with Gasteiger partial charge >= 0.3 is 5.97 Å². The van der Waals surface area contributed by atoms with Crippen LogP contribution in [0.3, 0.4) is 0 Å². The maximum absolute atomic E-state index is 10.5. The highest BCUT2D eigenvalue weighted by atomic mass is 16.4. The molecule has 2 N–H and O–H groups in total. The molecule has 0 aliphatic carbocycles. The molecule has 0 aliphatic rings. The van der Waals surface area contributed by atoms with Crippen molar-refractivity contribution in [3.05, 3.63) is 24.0 Å². The molecule has 0 fully saturated rings. The lowest BCUT2D eigenvalue weighted by Crippen LogP contribution is -2.25. The van der Waals surface area contributed by atoms with E-state index < -0.39 is 12.0 Å². The van der Waals surface area contributed by atoms with Crippen LogP contribution in [-0.2, 0) is 4.79 Å². The number of hydrogen-bond acceptors (Lipinski definition) is 4. The first kappa shape index (κ1) is 9.99. The normalized spacial score (nSPS) is 11.4. The number of carbonyl (C=O) groups is 1. The van der Waals surface area contributed by atoms with Crippen molar-refractivity contribution in [3.63, 3.8) is 0 Å². The lowest BCUT2D eigenvalue weighted by atomic mass is 10.3. The first-order valence-corrected chi connectivity index (χ1v) is 3.99. The summed E-state index contributed by atoms with van der Waals surface area (Å²) in [6.07, 6.45) is 1.45. The Hall–Kier alpha value is -2.09. The Morgan fingerprint density at radius 1 is 1.79 bits per heavy atom. The number of nitrogens with one attached hydrogen (secondary N) is 1. The van der Waals surface area contributed by atoms with Crippen molar-refractivity contribution in [2.24, 2.45) is 0 Å². The van der Waals surface area contributed by atoms with Crippen molar-refractivity contribution in [3.8, 4) is 6.07 Å². The van der Waals surface area contributed by atoms with E-state index in [4.69, 9.17) is 10.4 Å². The van der Waals surface area contributed by atoms with Gasteiger partial charge in [0, 0.05) is 11.9 Å². The molecule has 0 spiro atoms. The number of nitriles is 1. The number of carboxylic acids is 1. The van der Waals surface area contributed by atoms with Crippen LogP contribution < -0.4 is 5.32 Å². The Kier molecular flexibility index (Phi) is 3.02. The first-order valence-electron chi connectivity index (χ1n) is 3.99. The zero-order valence-corrected chi connectivity index (χ0v) is 7.56. The van der Waals surface area contributed by atoms with Crippen LogP contribution in [-0.4, -0.2) is 22.1 Å². The zero-order valence-electron chi connectivity index (χ0n) is 7.56. The minimum Gasteiger partial charge on any atom is -0.480 e. The summed E-state index contributed by atoms with van der Waals surface area (Å²) in [5.41, 5.74) is 0.832. The molecule has 1 atom stereocenters. The Morgan fingerprint density at radius 2 is 2.50 bits per heavy atom. The largest absolute Gasteiger partial charge is 0.480 e. The summed E-state index contributed by atoms with van der Waals surface area (Å²) < 4.78 is 0. The summed E-state index contributed by atoms with van der Waals surface area (Å²) in [5.74, 6) is -0.944. The van der Waals surface area contributed by atoms with Gasteiger partial charge in [-0.25, -0.2) is 4.98 Å². The molecule has 1 heterocycles. The summed E-state index contributed by atoms with van der Waals surface area (Å²) in [6.45, 7) is 1.52. The third kappa shape index (κ3) is 2.45. The van der Waals surface area contributed by atoms with Gasteiger partial charge in [-0.3, -0.25) is 4.79 Å². The Labute approximate surface area is 81.0 Å². The molecule has 0 radical (unpaired) electrons. The van der Waals surface area contributed by atoms with E-state index in [0.29, 0.717) is 5.69 Å². The second-order valence-corrected chi connectivity index (χ2v) is 2.75. The number of aliphatic carboxylic acids is 1. The topological polar surface area (TPSA) is 86.0 Å². The number of anilines is 1. The van der Waals surface area contributed by atoms with Gasteiger partial charge in [0.15, 0.2) is 0 Å². The molecule has 14 heavy (non-hydrogen) atoms. The molecule has 0 aliphatic heterocycles. The molecule has 1 unspecified atom stereocenters. The average molecular weight is 191 g/mol. The van der Waals surface area contributed by atoms with Gasteiger partial charge in [-0.1, -0.05) is 0 Å². The van der Waals surface area contributed by atoms with Crippen LogP contribution in [0.25, 0.3) is 0 Å². The minimum atomic E-state index is -0.944. The lowest BCUT2D eigenvalue weighted by Gasteiger charge is -2.09. The van der Waals surface area contributed by atoms with Gasteiger partial charge < -0.3 is 10.4 Å². The van der Waals surface area contributed by atoms with Crippen LogP contribution in [0.15, 0.2) is 18.3 Å². The van der Waals surface area contributed by atoms with Gasteiger partial charge in [-0.05, 0) is 19.1 Å². The van der Waals surface area contributed by atoms with Crippen LogP contribution in [0.1, 0.15) is 12.6 Å². The molecule has 1 aromatic heterocycles. The van der Waals surface area contributed by atoms with E-state index in [2.05, 4.69) is 10.3 Å². The molecular formula is C9H9N3O2. The van der Waals surface area contributed by atoms with Gasteiger partial charge in [0.1, 0.15) is 17.8 Å². The quantitative estimate of drug-likeness (QED) is 0.739. The summed E-state index contributed by atoms with van der Waals surface area (Å²) in [4.78, 5) is 14.3. The van der Waals surface area contributed by atoms with E-state index in [1.807, 2.05) is 6.07 Å². The molecule has 0 saturated heterocycles. The van der Waals surface area contributed by atoms with Gasteiger partial charge in [0.25, 0.3) is 0 Å². The first-order chi connectivity index (χ1) is 6.63. The van der Waals surface area contributed by atoms with Gasteiger partial charge in [0.2, 0.25) is 0 Å². The molecular weight excluding hydrogens is 182 g/mol. The zero-order chi connectivity index (χ0) is 10.6. The monoisotopic (exact) mass is 191 g/mol. The van der Waals surface area contributed by atoms with Crippen molar-refractivity contribution in [2.45, 2.75) is 13.0 Å². The van der Waals surface area contributed by atoms with Crippen molar-refractivity contribution in [1.82, 2.24) is 4.98 Å². The van der Waals surface area contributed by atoms with Gasteiger partial charge in [-0.15, -0.1) is 0 Å². The fourth-order valence-corrected chi connectivity index (χ4v) is 0.893. The molecule has 1 rings (SSSR count). The Balaban J connectivity index is 2.78. The number of pyridine rings is 1. The van der Waals surface area contributed by atoms with Crippen molar-refractivity contribution in [1.29, 1.82) is 5.26 Å². The molecule has 1 aromatic rings. The molecule has 0 bridgehead atoms. The maximum Gasteiger partial charge on any atom is 0.325 e. The van der Waals surface area contributed by atoms with E-state index in [1.54, 1.807) is 6.07 Å². The average Bonchev–Trinajstić information content (AvgIpc) is 2.18. The van der Waals surface area contributed by atoms with Crippen molar-refractivity contribution >= 4 is 11.7 Å². The Bertz CT molecular complexity index is 384. The maximum atomic E-state index is 10.5. The standard InChI is InChI=1S/C9H9N3O2/c1-6(9(13)14)12-7-2-3-11-8(4-7)5-10/h2-4,6H,1H3,(H,11,12)(H,13,14). The number of carboxylic acid groups (broad SMARTS) is 1. The third-order valence-electron chi connectivity index (χ3n) is 1.63. The highest BCUT2D eigenvalue weighted by Gasteiger charge is 2.09. The minimum absolute atomic E-state index is 0.257. The third-order valence-corrected chi connectivity index (χ3v) is 1.63. The Morgan fingerprint density at radius 3 is 3.07 bits per heavy atom. The summed E-state index contributed by atoms with van der Waals surface area (Å²) >= 11 is 0. The van der Waals surface area contributed by atoms with Crippen LogP contribution in [0.2, 0.25) is 0 Å². The van der Waals surface area contributed by atoms with E-state index >= 15 is 0 Å². The second kappa shape index (κ2) is 4.23. The lowest BCUT2D eigenvalue weighted by molar-refractivity contribution is -0.137. The highest BCUT2D eigenvalue weighted by molar-refractivity contribution is 5.76. The number of rotatable bonds is 3. The molecule has 0 saturated carbocycles. The van der Waals surface area contributed by atoms with Crippen LogP contribution in [0, 0.1) is 11.3 Å². The number of aromatic nitrogens is 1. The molecule has 0 aromatic carbocycles. The molecule has 5 heteroatoms. The van der Waals surface area contributed by atoms with Crippen LogP contribution in [0.4, 0.5) is 5.69 Å². The highest BCUT2D eigenvalue weighted by Crippen LogP contribution is 2.08. The summed E-state index contributed by atoms with van der Waals surface area (Å²) in [7, 11) is 0. The van der Waals surface area contributed by atoms with Crippen LogP contribution >= 0.6 is 0 Å².